The van der Waals surface area contributed by atoms with E-state index in [1.807, 2.05) is 24.3 Å². The van der Waals surface area contributed by atoms with E-state index in [0.717, 1.165) is 63.7 Å². The molecule has 0 amide bonds. The number of ether oxygens (including phenoxy) is 2. The van der Waals surface area contributed by atoms with Gasteiger partial charge in [-0.05, 0) is 50.9 Å². The van der Waals surface area contributed by atoms with Gasteiger partial charge in [0, 0.05) is 12.8 Å². The van der Waals surface area contributed by atoms with Crippen LogP contribution >= 0.6 is 15.6 Å². The molecule has 67 heavy (non-hydrogen) atoms. The Hall–Kier alpha value is -1.96. The van der Waals surface area contributed by atoms with Crippen molar-refractivity contribution in [1.29, 1.82) is 0 Å². The van der Waals surface area contributed by atoms with E-state index < -0.39 is 66.2 Å². The normalized spacial score (nSPS) is 15.2. The summed E-state index contributed by atoms with van der Waals surface area (Å²) in [7, 11) is -9.72. The van der Waals surface area contributed by atoms with Gasteiger partial charge in [-0.3, -0.25) is 23.2 Å². The molecular weight excluding hydrogens is 898 g/mol. The maximum atomic E-state index is 12.7. The van der Waals surface area contributed by atoms with Crippen LogP contribution in [0.25, 0.3) is 0 Å². The van der Waals surface area contributed by atoms with Crippen molar-refractivity contribution in [2.45, 2.75) is 232 Å². The Bertz CT molecular complexity index is 1400. The van der Waals surface area contributed by atoms with Crippen molar-refractivity contribution in [2.75, 3.05) is 26.4 Å². The van der Waals surface area contributed by atoms with E-state index in [9.17, 15) is 33.8 Å². The van der Waals surface area contributed by atoms with Crippen molar-refractivity contribution in [3.8, 4) is 0 Å². The third-order valence-electron chi connectivity index (χ3n) is 11.3. The Morgan fingerprint density at radius 2 is 0.985 bits per heavy atom. The summed E-state index contributed by atoms with van der Waals surface area (Å²) in [5, 5.41) is 19.6. The van der Waals surface area contributed by atoms with Crippen LogP contribution in [-0.4, -0.2) is 81.6 Å². The second-order valence-corrected chi connectivity index (χ2v) is 20.6. The number of esters is 2. The van der Waals surface area contributed by atoms with Crippen LogP contribution in [0.2, 0.25) is 0 Å². The lowest BCUT2D eigenvalue weighted by atomic mass is 9.99. The molecule has 0 aromatic heterocycles. The maximum absolute atomic E-state index is 12.7. The highest BCUT2D eigenvalue weighted by Crippen LogP contribution is 2.44. The summed E-state index contributed by atoms with van der Waals surface area (Å²) in [5.41, 5.74) is 0. The molecule has 0 aliphatic rings. The molecule has 16 heteroatoms. The van der Waals surface area contributed by atoms with Crippen molar-refractivity contribution in [1.82, 2.24) is 0 Å². The first kappa shape index (κ1) is 65.0. The van der Waals surface area contributed by atoms with Crippen LogP contribution in [-0.2, 0) is 41.8 Å². The van der Waals surface area contributed by atoms with Gasteiger partial charge in [0.05, 0.1) is 25.9 Å². The number of unbranched alkanes of at least 4 members (excludes halogenated alkanes) is 19. The Morgan fingerprint density at radius 3 is 1.51 bits per heavy atom. The lowest BCUT2D eigenvalue weighted by Gasteiger charge is -2.20. The summed E-state index contributed by atoms with van der Waals surface area (Å²) < 4.78 is 47.9. The Morgan fingerprint density at radius 1 is 0.522 bits per heavy atom. The molecule has 5 N–H and O–H groups in total. The molecule has 0 fully saturated rings. The zero-order valence-electron chi connectivity index (χ0n) is 41.8. The second-order valence-electron chi connectivity index (χ2n) is 17.9. The van der Waals surface area contributed by atoms with Crippen LogP contribution in [0.15, 0.2) is 48.6 Å². The van der Waals surface area contributed by atoms with E-state index in [-0.39, 0.29) is 18.9 Å². The van der Waals surface area contributed by atoms with Crippen molar-refractivity contribution < 1.29 is 66.7 Å². The van der Waals surface area contributed by atoms with Gasteiger partial charge in [-0.1, -0.05) is 204 Å². The molecule has 0 heterocycles. The summed E-state index contributed by atoms with van der Waals surface area (Å²) in [6, 6.07) is 0. The summed E-state index contributed by atoms with van der Waals surface area (Å²) >= 11 is 0. The number of aliphatic hydroxyl groups excluding tert-OH is 2. The van der Waals surface area contributed by atoms with Crippen molar-refractivity contribution in [3.05, 3.63) is 48.6 Å². The molecule has 0 aliphatic carbocycles. The molecule has 2 unspecified atom stereocenters. The number of aliphatic hydroxyl groups is 2. The number of phosphoric ester groups is 2. The molecule has 0 radical (unpaired) electrons. The van der Waals surface area contributed by atoms with E-state index in [1.54, 1.807) is 0 Å². The van der Waals surface area contributed by atoms with E-state index >= 15 is 0 Å². The fraction of sp³-hybridized carbons (Fsp3) is 0.804. The molecule has 392 valence electrons. The van der Waals surface area contributed by atoms with Gasteiger partial charge < -0.3 is 34.4 Å². The first-order valence-corrected chi connectivity index (χ1v) is 28.8. The number of carbonyl (C=O) groups is 2. The van der Waals surface area contributed by atoms with Gasteiger partial charge in [0.15, 0.2) is 6.10 Å². The molecule has 0 aliphatic heterocycles. The Balaban J connectivity index is 4.46. The molecule has 0 spiro atoms. The predicted octanol–water partition coefficient (Wildman–Crippen LogP) is 13.0. The lowest BCUT2D eigenvalue weighted by Crippen LogP contribution is -2.29. The maximum Gasteiger partial charge on any atom is 0.472 e. The first-order chi connectivity index (χ1) is 32.2. The molecule has 0 saturated carbocycles. The fourth-order valence-corrected chi connectivity index (χ4v) is 8.14. The minimum atomic E-state index is -4.88. The summed E-state index contributed by atoms with van der Waals surface area (Å²) in [6.07, 6.45) is 44.4. The van der Waals surface area contributed by atoms with Gasteiger partial charge in [-0.25, -0.2) is 9.13 Å². The zero-order chi connectivity index (χ0) is 49.7. The smallest absolute Gasteiger partial charge is 0.462 e. The number of rotatable bonds is 48. The molecule has 0 bridgehead atoms. The molecule has 0 rings (SSSR count). The van der Waals surface area contributed by atoms with Crippen molar-refractivity contribution >= 4 is 27.6 Å². The third-order valence-corrected chi connectivity index (χ3v) is 12.8. The molecule has 5 atom stereocenters. The van der Waals surface area contributed by atoms with E-state index in [4.69, 9.17) is 28.3 Å². The van der Waals surface area contributed by atoms with E-state index in [1.165, 1.54) is 103 Å². The summed E-state index contributed by atoms with van der Waals surface area (Å²) in [5.74, 6) is -0.232. The number of phosphoric acid groups is 2. The van der Waals surface area contributed by atoms with Crippen LogP contribution in [0, 0.1) is 5.92 Å². The highest BCUT2D eigenvalue weighted by molar-refractivity contribution is 7.47. The van der Waals surface area contributed by atoms with Gasteiger partial charge in [-0.15, -0.1) is 0 Å². The monoisotopic (exact) mass is 993 g/mol. The number of carbonyl (C=O) groups excluding carboxylic acids is 2. The third kappa shape index (κ3) is 48.8. The average Bonchev–Trinajstić information content (AvgIpc) is 3.29. The van der Waals surface area contributed by atoms with Gasteiger partial charge >= 0.3 is 27.6 Å². The largest absolute Gasteiger partial charge is 0.472 e. The number of hydrogen-bond acceptors (Lipinski definition) is 11. The number of allylic oxidation sites excluding steroid dienone is 7. The lowest BCUT2D eigenvalue weighted by molar-refractivity contribution is -0.161. The minimum absolute atomic E-state index is 0.0393. The van der Waals surface area contributed by atoms with Gasteiger partial charge in [-0.2, -0.15) is 0 Å². The van der Waals surface area contributed by atoms with Crippen LogP contribution in [0.1, 0.15) is 213 Å². The summed E-state index contributed by atoms with van der Waals surface area (Å²) in [4.78, 5) is 52.9. The zero-order valence-corrected chi connectivity index (χ0v) is 43.6. The predicted molar refractivity (Wildman–Crippen MR) is 268 cm³/mol. The molecule has 0 aromatic carbocycles. The Labute approximate surface area is 405 Å². The first-order valence-electron chi connectivity index (χ1n) is 25.8. The van der Waals surface area contributed by atoms with Gasteiger partial charge in [0.25, 0.3) is 0 Å². The highest BCUT2D eigenvalue weighted by atomic mass is 31.2. The Kier molecular flexibility index (Phi) is 43.9. The van der Waals surface area contributed by atoms with Crippen LogP contribution in [0.4, 0.5) is 0 Å². The molecule has 0 saturated heterocycles. The standard InChI is InChI=1S/C51H94O14P2/c1-4-6-38-47(52)39-34-30-26-22-18-15-16-20-24-28-32-36-41-51(55)65-49(45-64-67(59,60)63-43-48(53)42-62-66(56,57)58)44-61-50(54)40-35-31-27-23-19-14-12-10-8-7-9-11-13-17-21-25-29-33-37-46(3)5-2/h15-16,22,24,26,28,34,39,46-49,52-53H,4-14,17-21,23,25,27,29-33,35-38,40-45H2,1-3H3,(H,59,60)(H2,56,57,58)/b16-15-,26-22-,28-24-,39-34-/t46?,47-,48+,49-/m1/s1. The molecular formula is C51H94O14P2. The van der Waals surface area contributed by atoms with E-state index in [0.29, 0.717) is 19.3 Å². The SMILES string of the molecule is CCCC[C@@H](O)/C=C\C/C=C\C/C=C\C/C=C\CCCC(=O)O[C@H](COC(=O)CCCCCCCCCCCCCCCCCCCCC(C)CC)COP(=O)(O)OC[C@@H](O)COP(=O)(O)O. The van der Waals surface area contributed by atoms with Gasteiger partial charge in [0.1, 0.15) is 12.7 Å². The molecule has 0 aromatic rings. The van der Waals surface area contributed by atoms with Crippen molar-refractivity contribution in [2.24, 2.45) is 5.92 Å². The van der Waals surface area contributed by atoms with Crippen LogP contribution in [0.3, 0.4) is 0 Å². The average molecular weight is 993 g/mol. The quantitative estimate of drug-likeness (QED) is 0.0166. The van der Waals surface area contributed by atoms with E-state index in [2.05, 4.69) is 49.6 Å². The number of hydrogen-bond donors (Lipinski definition) is 5. The summed E-state index contributed by atoms with van der Waals surface area (Å²) in [6.45, 7) is 3.95. The molecule has 14 nitrogen and oxygen atoms in total. The second kappa shape index (κ2) is 45.2. The van der Waals surface area contributed by atoms with Gasteiger partial charge in [0.2, 0.25) is 0 Å². The van der Waals surface area contributed by atoms with Crippen molar-refractivity contribution in [3.63, 3.8) is 0 Å². The topological polar surface area (TPSA) is 216 Å². The van der Waals surface area contributed by atoms with Crippen LogP contribution in [0.5, 0.6) is 0 Å². The highest BCUT2D eigenvalue weighted by Gasteiger charge is 2.28. The van der Waals surface area contributed by atoms with Crippen LogP contribution < -0.4 is 0 Å². The fourth-order valence-electron chi connectivity index (χ4n) is 6.98. The minimum Gasteiger partial charge on any atom is -0.462 e.